The quantitative estimate of drug-likeness (QED) is 0.455. The fraction of sp³-hybridized carbons (Fsp3) is 0.308. The van der Waals surface area contributed by atoms with Gasteiger partial charge >= 0.3 is 12.0 Å². The number of nitrogens with one attached hydrogen (secondary N) is 2. The van der Waals surface area contributed by atoms with Gasteiger partial charge in [0.05, 0.1) is 19.5 Å². The number of carbonyl (C=O) groups excluding carboxylic acids is 3. The topological polar surface area (TPSA) is 122 Å². The largest absolute Gasteiger partial charge is 0.481 e. The lowest BCUT2D eigenvalue weighted by Crippen LogP contribution is -2.66. The monoisotopic (exact) mass is 491 g/mol. The molecule has 188 valence electrons. The van der Waals surface area contributed by atoms with Gasteiger partial charge in [0, 0.05) is 13.1 Å². The predicted molar refractivity (Wildman–Crippen MR) is 132 cm³/mol. The average Bonchev–Trinajstić information content (AvgIpc) is 2.86. The maximum atomic E-state index is 13.0. The lowest BCUT2D eigenvalue weighted by atomic mass is 10.1. The number of carboxylic acid groups (broad SMARTS) is 1. The Bertz CT molecular complexity index is 1130. The maximum Gasteiger partial charge on any atom is 0.333 e. The summed E-state index contributed by atoms with van der Waals surface area (Å²) >= 11 is 0. The van der Waals surface area contributed by atoms with Crippen molar-refractivity contribution in [3.05, 3.63) is 71.3 Å². The van der Waals surface area contributed by atoms with Gasteiger partial charge in [-0.05, 0) is 18.1 Å². The normalized spacial score (nSPS) is 14.6. The van der Waals surface area contributed by atoms with Crippen LogP contribution in [0.4, 0.5) is 4.79 Å². The fourth-order valence-corrected chi connectivity index (χ4v) is 3.74. The molecule has 36 heavy (non-hydrogen) atoms. The molecule has 0 aliphatic carbocycles. The molecule has 2 aromatic carbocycles. The zero-order chi connectivity index (χ0) is 26.1. The van der Waals surface area contributed by atoms with Crippen molar-refractivity contribution < 1.29 is 24.3 Å². The minimum Gasteiger partial charge on any atom is -0.481 e. The summed E-state index contributed by atoms with van der Waals surface area (Å²) in [5, 5.41) is 17.5. The van der Waals surface area contributed by atoms with Gasteiger partial charge in [0.2, 0.25) is 11.8 Å². The molecule has 0 bridgehead atoms. The van der Waals surface area contributed by atoms with E-state index in [0.717, 1.165) is 21.6 Å². The predicted octanol–water partition coefficient (Wildman–Crippen LogP) is 1.32. The number of urea groups is 1. The molecule has 0 saturated carbocycles. The van der Waals surface area contributed by atoms with E-state index in [1.54, 1.807) is 0 Å². The molecule has 4 amide bonds. The van der Waals surface area contributed by atoms with Crippen LogP contribution in [0, 0.1) is 19.3 Å². The van der Waals surface area contributed by atoms with Crippen LogP contribution < -0.4 is 10.6 Å². The van der Waals surface area contributed by atoms with Crippen LogP contribution >= 0.6 is 0 Å². The van der Waals surface area contributed by atoms with E-state index >= 15 is 0 Å². The zero-order valence-corrected chi connectivity index (χ0v) is 20.0. The van der Waals surface area contributed by atoms with Crippen LogP contribution in [0.1, 0.15) is 23.1 Å². The third-order valence-electron chi connectivity index (χ3n) is 5.69. The number of benzene rings is 2. The van der Waals surface area contributed by atoms with Gasteiger partial charge in [0.25, 0.3) is 0 Å². The minimum atomic E-state index is -1.31. The number of terminal acetylenes is 1. The number of aryl methyl sites for hydroxylation is 1. The van der Waals surface area contributed by atoms with Crippen molar-refractivity contribution in [1.82, 2.24) is 25.6 Å². The Morgan fingerprint density at radius 3 is 2.31 bits per heavy atom. The molecule has 0 radical (unpaired) electrons. The van der Waals surface area contributed by atoms with E-state index < -0.39 is 36.3 Å². The zero-order valence-electron chi connectivity index (χ0n) is 20.0. The SMILES string of the molecule is C#CCN1CC(=O)N([C@@H](CC(=O)O)C(=O)NCc2ccc(C)cc2)CN1C(=O)NCc1ccccc1. The van der Waals surface area contributed by atoms with Crippen LogP contribution in [0.15, 0.2) is 54.6 Å². The number of amides is 4. The van der Waals surface area contributed by atoms with E-state index in [1.807, 2.05) is 61.5 Å². The second kappa shape index (κ2) is 12.4. The van der Waals surface area contributed by atoms with Crippen molar-refractivity contribution in [1.29, 1.82) is 0 Å². The summed E-state index contributed by atoms with van der Waals surface area (Å²) in [5.74, 6) is 0.0431. The van der Waals surface area contributed by atoms with Gasteiger partial charge < -0.3 is 20.6 Å². The summed E-state index contributed by atoms with van der Waals surface area (Å²) in [6.45, 7) is 1.74. The Labute approximate surface area is 209 Å². The van der Waals surface area contributed by atoms with Crippen molar-refractivity contribution >= 4 is 23.8 Å². The van der Waals surface area contributed by atoms with Crippen LogP contribution in [0.25, 0.3) is 0 Å². The summed E-state index contributed by atoms with van der Waals surface area (Å²) in [4.78, 5) is 51.7. The molecule has 1 atom stereocenters. The highest BCUT2D eigenvalue weighted by Crippen LogP contribution is 2.16. The van der Waals surface area contributed by atoms with Gasteiger partial charge in [-0.3, -0.25) is 14.4 Å². The number of aliphatic carboxylic acids is 1. The smallest absolute Gasteiger partial charge is 0.333 e. The Balaban J connectivity index is 1.75. The van der Waals surface area contributed by atoms with Crippen molar-refractivity contribution in [2.24, 2.45) is 0 Å². The summed E-state index contributed by atoms with van der Waals surface area (Å²) in [5.41, 5.74) is 2.77. The van der Waals surface area contributed by atoms with Crippen molar-refractivity contribution in [2.75, 3.05) is 19.8 Å². The highest BCUT2D eigenvalue weighted by molar-refractivity contribution is 5.92. The number of hydrogen-bond acceptors (Lipinski definition) is 5. The highest BCUT2D eigenvalue weighted by atomic mass is 16.4. The van der Waals surface area contributed by atoms with Crippen LogP contribution in [-0.2, 0) is 27.5 Å². The van der Waals surface area contributed by atoms with Crippen LogP contribution in [-0.4, -0.2) is 69.6 Å². The number of carboxylic acids is 1. The number of hydrazine groups is 1. The van der Waals surface area contributed by atoms with Crippen molar-refractivity contribution in [2.45, 2.75) is 32.5 Å². The van der Waals surface area contributed by atoms with Gasteiger partial charge in [0.1, 0.15) is 12.7 Å². The number of rotatable bonds is 9. The first-order chi connectivity index (χ1) is 17.3. The molecule has 1 heterocycles. The molecule has 3 rings (SSSR count). The third-order valence-corrected chi connectivity index (χ3v) is 5.69. The molecule has 10 heteroatoms. The van der Waals surface area contributed by atoms with E-state index in [1.165, 1.54) is 10.0 Å². The second-order valence-electron chi connectivity index (χ2n) is 8.39. The van der Waals surface area contributed by atoms with E-state index in [2.05, 4.69) is 16.6 Å². The first kappa shape index (κ1) is 26.2. The molecule has 10 nitrogen and oxygen atoms in total. The first-order valence-electron chi connectivity index (χ1n) is 11.4. The molecular formula is C26H29N5O5. The number of carbonyl (C=O) groups is 4. The van der Waals surface area contributed by atoms with Gasteiger partial charge in [-0.25, -0.2) is 9.80 Å². The Hall–Kier alpha value is -4.36. The minimum absolute atomic E-state index is 0.0123. The van der Waals surface area contributed by atoms with E-state index in [4.69, 9.17) is 6.42 Å². The summed E-state index contributed by atoms with van der Waals surface area (Å²) in [6, 6.07) is 14.9. The maximum absolute atomic E-state index is 13.0. The number of hydrogen-bond donors (Lipinski definition) is 3. The van der Waals surface area contributed by atoms with Gasteiger partial charge in [0.15, 0.2) is 0 Å². The Kier molecular flexibility index (Phi) is 9.02. The lowest BCUT2D eigenvalue weighted by Gasteiger charge is -2.44. The first-order valence-corrected chi connectivity index (χ1v) is 11.4. The molecule has 1 aliphatic rings. The van der Waals surface area contributed by atoms with Crippen molar-refractivity contribution in [3.63, 3.8) is 0 Å². The molecule has 1 fully saturated rings. The molecule has 0 aromatic heterocycles. The molecular weight excluding hydrogens is 462 g/mol. The second-order valence-corrected chi connectivity index (χ2v) is 8.39. The molecule has 2 aromatic rings. The fourth-order valence-electron chi connectivity index (χ4n) is 3.74. The van der Waals surface area contributed by atoms with E-state index in [9.17, 15) is 24.3 Å². The van der Waals surface area contributed by atoms with Gasteiger partial charge in [-0.15, -0.1) is 6.42 Å². The Morgan fingerprint density at radius 1 is 1.03 bits per heavy atom. The molecule has 0 spiro atoms. The standard InChI is InChI=1S/C26H29N5O5/c1-3-13-29-17-23(32)30(18-31(29)26(36)28-16-20-7-5-4-6-8-20)22(14-24(33)34)25(35)27-15-21-11-9-19(2)10-12-21/h1,4-12,22H,13-18H2,2H3,(H,27,35)(H,28,36)(H,33,34)/t22-/m0/s1. The highest BCUT2D eigenvalue weighted by Gasteiger charge is 2.40. The van der Waals surface area contributed by atoms with Crippen LogP contribution in [0.3, 0.4) is 0 Å². The number of nitrogens with zero attached hydrogens (tertiary/aromatic N) is 3. The van der Waals surface area contributed by atoms with E-state index in [-0.39, 0.29) is 32.8 Å². The molecule has 1 aliphatic heterocycles. The Morgan fingerprint density at radius 2 is 1.67 bits per heavy atom. The van der Waals surface area contributed by atoms with Crippen LogP contribution in [0.2, 0.25) is 0 Å². The molecule has 3 N–H and O–H groups in total. The molecule has 1 saturated heterocycles. The third kappa shape index (κ3) is 7.07. The van der Waals surface area contributed by atoms with Gasteiger partial charge in [-0.2, -0.15) is 5.01 Å². The van der Waals surface area contributed by atoms with Crippen LogP contribution in [0.5, 0.6) is 0 Å². The summed E-state index contributed by atoms with van der Waals surface area (Å²) < 4.78 is 0. The van der Waals surface area contributed by atoms with Gasteiger partial charge in [-0.1, -0.05) is 66.1 Å². The van der Waals surface area contributed by atoms with Crippen molar-refractivity contribution in [3.8, 4) is 12.3 Å². The molecule has 0 unspecified atom stereocenters. The lowest BCUT2D eigenvalue weighted by molar-refractivity contribution is -0.161. The summed E-state index contributed by atoms with van der Waals surface area (Å²) in [6.07, 6.45) is 4.82. The van der Waals surface area contributed by atoms with E-state index in [0.29, 0.717) is 0 Å². The summed E-state index contributed by atoms with van der Waals surface area (Å²) in [7, 11) is 0. The average molecular weight is 492 g/mol.